The fraction of sp³-hybridized carbons (Fsp3) is 0.571. The summed E-state index contributed by atoms with van der Waals surface area (Å²) in [5.41, 5.74) is 0.329. The molecule has 0 radical (unpaired) electrons. The maximum absolute atomic E-state index is 12.0. The summed E-state index contributed by atoms with van der Waals surface area (Å²) in [6.07, 6.45) is 0.876. The van der Waals surface area contributed by atoms with Crippen molar-refractivity contribution in [2.45, 2.75) is 33.1 Å². The summed E-state index contributed by atoms with van der Waals surface area (Å²) in [4.78, 5) is 24.2. The van der Waals surface area contributed by atoms with Crippen LogP contribution in [0.25, 0.3) is 0 Å². The van der Waals surface area contributed by atoms with Crippen LogP contribution in [-0.2, 0) is 9.59 Å². The Hall–Kier alpha value is -1.36. The molecule has 0 spiro atoms. The van der Waals surface area contributed by atoms with Crippen LogP contribution in [0.5, 0.6) is 0 Å². The summed E-state index contributed by atoms with van der Waals surface area (Å²) in [7, 11) is 0. The van der Waals surface area contributed by atoms with Crippen molar-refractivity contribution in [2.24, 2.45) is 11.3 Å². The molecule has 2 atom stereocenters. The maximum Gasteiger partial charge on any atom is 0.310 e. The van der Waals surface area contributed by atoms with Crippen molar-refractivity contribution >= 4 is 23.2 Å². The molecule has 1 aromatic rings. The minimum absolute atomic E-state index is 0.0157. The Morgan fingerprint density at radius 1 is 1.53 bits per heavy atom. The van der Waals surface area contributed by atoms with Gasteiger partial charge in [0, 0.05) is 23.3 Å². The number of carbonyl (C=O) groups excluding carboxylic acids is 1. The quantitative estimate of drug-likeness (QED) is 0.871. The second kappa shape index (κ2) is 4.96. The predicted molar refractivity (Wildman–Crippen MR) is 74.3 cm³/mol. The molecule has 1 saturated carbocycles. The SMILES string of the molecule is Cc1ccsc1[C@H]1C[C@H]1C(=O)NCC(C)(C)C(=O)O. The second-order valence-electron chi connectivity index (χ2n) is 5.82. The normalized spacial score (nSPS) is 22.1. The van der Waals surface area contributed by atoms with E-state index < -0.39 is 11.4 Å². The average Bonchev–Trinajstić information content (AvgIpc) is 3.02. The van der Waals surface area contributed by atoms with Crippen molar-refractivity contribution in [1.82, 2.24) is 5.32 Å². The molecule has 0 unspecified atom stereocenters. The first-order valence-electron chi connectivity index (χ1n) is 6.38. The van der Waals surface area contributed by atoms with Crippen LogP contribution >= 0.6 is 11.3 Å². The third kappa shape index (κ3) is 2.97. The highest BCUT2D eigenvalue weighted by molar-refractivity contribution is 7.10. The molecule has 5 heteroatoms. The van der Waals surface area contributed by atoms with Crippen molar-refractivity contribution in [3.05, 3.63) is 21.9 Å². The molecule has 1 amide bonds. The number of thiophene rings is 1. The highest BCUT2D eigenvalue weighted by atomic mass is 32.1. The van der Waals surface area contributed by atoms with Gasteiger partial charge in [-0.3, -0.25) is 9.59 Å². The van der Waals surface area contributed by atoms with Crippen LogP contribution in [0.1, 0.15) is 36.6 Å². The second-order valence-corrected chi connectivity index (χ2v) is 6.77. The summed E-state index contributed by atoms with van der Waals surface area (Å²) < 4.78 is 0. The molecule has 0 aliphatic heterocycles. The van der Waals surface area contributed by atoms with E-state index in [1.54, 1.807) is 25.2 Å². The van der Waals surface area contributed by atoms with Crippen LogP contribution in [0.2, 0.25) is 0 Å². The molecule has 1 aliphatic rings. The van der Waals surface area contributed by atoms with Gasteiger partial charge in [0.1, 0.15) is 0 Å². The van der Waals surface area contributed by atoms with Gasteiger partial charge in [0.15, 0.2) is 0 Å². The summed E-state index contributed by atoms with van der Waals surface area (Å²) >= 11 is 1.70. The molecule has 0 saturated heterocycles. The molecule has 1 aromatic heterocycles. The first-order chi connectivity index (χ1) is 8.83. The Morgan fingerprint density at radius 2 is 2.21 bits per heavy atom. The van der Waals surface area contributed by atoms with Gasteiger partial charge in [0.2, 0.25) is 5.91 Å². The fourth-order valence-corrected chi connectivity index (χ4v) is 3.16. The molecule has 1 fully saturated rings. The fourth-order valence-electron chi connectivity index (χ4n) is 2.05. The highest BCUT2D eigenvalue weighted by Crippen LogP contribution is 2.50. The topological polar surface area (TPSA) is 66.4 Å². The lowest BCUT2D eigenvalue weighted by atomic mass is 9.94. The number of carbonyl (C=O) groups is 2. The van der Waals surface area contributed by atoms with Gasteiger partial charge >= 0.3 is 5.97 Å². The van der Waals surface area contributed by atoms with E-state index >= 15 is 0 Å². The van der Waals surface area contributed by atoms with Gasteiger partial charge in [-0.2, -0.15) is 0 Å². The van der Waals surface area contributed by atoms with Gasteiger partial charge in [0.25, 0.3) is 0 Å². The molecule has 19 heavy (non-hydrogen) atoms. The zero-order chi connectivity index (χ0) is 14.2. The number of hydrogen-bond acceptors (Lipinski definition) is 3. The Labute approximate surface area is 116 Å². The zero-order valence-electron chi connectivity index (χ0n) is 11.4. The maximum atomic E-state index is 12.0. The van der Waals surface area contributed by atoms with Gasteiger partial charge in [-0.05, 0) is 44.2 Å². The van der Waals surface area contributed by atoms with E-state index in [9.17, 15) is 9.59 Å². The lowest BCUT2D eigenvalue weighted by molar-refractivity contribution is -0.146. The van der Waals surface area contributed by atoms with Gasteiger partial charge < -0.3 is 10.4 Å². The number of carboxylic acids is 1. The van der Waals surface area contributed by atoms with Crippen molar-refractivity contribution < 1.29 is 14.7 Å². The molecule has 1 heterocycles. The zero-order valence-corrected chi connectivity index (χ0v) is 12.2. The Balaban J connectivity index is 1.87. The summed E-state index contributed by atoms with van der Waals surface area (Å²) in [6.45, 7) is 5.47. The van der Waals surface area contributed by atoms with Crippen LogP contribution in [0.3, 0.4) is 0 Å². The monoisotopic (exact) mass is 281 g/mol. The van der Waals surface area contributed by atoms with Crippen LogP contribution in [0.15, 0.2) is 11.4 Å². The summed E-state index contributed by atoms with van der Waals surface area (Å²) in [5, 5.41) is 13.8. The van der Waals surface area contributed by atoms with E-state index in [2.05, 4.69) is 18.3 Å². The Bertz CT molecular complexity index is 507. The Kier molecular flexibility index (Phi) is 3.67. The van der Waals surface area contributed by atoms with Crippen molar-refractivity contribution in [2.75, 3.05) is 6.54 Å². The number of nitrogens with one attached hydrogen (secondary N) is 1. The number of aliphatic carboxylic acids is 1. The highest BCUT2D eigenvalue weighted by Gasteiger charge is 2.45. The van der Waals surface area contributed by atoms with E-state index in [1.807, 2.05) is 5.38 Å². The van der Waals surface area contributed by atoms with Crippen LogP contribution in [0.4, 0.5) is 0 Å². The van der Waals surface area contributed by atoms with Crippen molar-refractivity contribution in [1.29, 1.82) is 0 Å². The predicted octanol–water partition coefficient (Wildman–Crippen LogP) is 2.39. The van der Waals surface area contributed by atoms with Crippen molar-refractivity contribution in [3.8, 4) is 0 Å². The van der Waals surface area contributed by atoms with E-state index in [4.69, 9.17) is 5.11 Å². The minimum Gasteiger partial charge on any atom is -0.481 e. The summed E-state index contributed by atoms with van der Waals surface area (Å²) in [5.74, 6) is -0.573. The number of aryl methyl sites for hydroxylation is 1. The lowest BCUT2D eigenvalue weighted by Crippen LogP contribution is -2.39. The van der Waals surface area contributed by atoms with Crippen molar-refractivity contribution in [3.63, 3.8) is 0 Å². The molecule has 104 valence electrons. The third-order valence-corrected chi connectivity index (χ3v) is 4.80. The summed E-state index contributed by atoms with van der Waals surface area (Å²) in [6, 6.07) is 2.07. The molecule has 2 rings (SSSR count). The molecule has 2 N–H and O–H groups in total. The van der Waals surface area contributed by atoms with Crippen LogP contribution < -0.4 is 5.32 Å². The standard InChI is InChI=1S/C14H19NO3S/c1-8-4-5-19-11(8)9-6-10(9)12(16)15-7-14(2,3)13(17)18/h4-5,9-10H,6-7H2,1-3H3,(H,15,16)(H,17,18)/t9-,10+/m0/s1. The molecule has 0 aromatic carbocycles. The molecule has 1 aliphatic carbocycles. The van der Waals surface area contributed by atoms with Gasteiger partial charge in [0.05, 0.1) is 5.41 Å². The smallest absolute Gasteiger partial charge is 0.310 e. The van der Waals surface area contributed by atoms with E-state index in [0.29, 0.717) is 5.92 Å². The Morgan fingerprint density at radius 3 is 2.74 bits per heavy atom. The molecule has 4 nitrogen and oxygen atoms in total. The number of hydrogen-bond donors (Lipinski definition) is 2. The number of rotatable bonds is 5. The first kappa shape index (κ1) is 14.1. The van der Waals surface area contributed by atoms with Gasteiger partial charge in [-0.25, -0.2) is 0 Å². The van der Waals surface area contributed by atoms with Gasteiger partial charge in [-0.1, -0.05) is 0 Å². The largest absolute Gasteiger partial charge is 0.481 e. The molecular weight excluding hydrogens is 262 g/mol. The van der Waals surface area contributed by atoms with Gasteiger partial charge in [-0.15, -0.1) is 11.3 Å². The lowest BCUT2D eigenvalue weighted by Gasteiger charge is -2.19. The average molecular weight is 281 g/mol. The third-order valence-electron chi connectivity index (χ3n) is 3.65. The number of amides is 1. The molecular formula is C14H19NO3S. The van der Waals surface area contributed by atoms with E-state index in [-0.39, 0.29) is 18.4 Å². The van der Waals surface area contributed by atoms with Crippen LogP contribution in [0, 0.1) is 18.3 Å². The van der Waals surface area contributed by atoms with Crippen LogP contribution in [-0.4, -0.2) is 23.5 Å². The number of carboxylic acid groups (broad SMARTS) is 1. The van der Waals surface area contributed by atoms with E-state index in [1.165, 1.54) is 10.4 Å². The first-order valence-corrected chi connectivity index (χ1v) is 7.26. The van der Waals surface area contributed by atoms with E-state index in [0.717, 1.165) is 6.42 Å². The minimum atomic E-state index is -0.918. The molecule has 0 bridgehead atoms.